The van der Waals surface area contributed by atoms with Crippen LogP contribution in [0.2, 0.25) is 0 Å². The number of carbonyl (C=O) groups is 2. The Labute approximate surface area is 120 Å². The van der Waals surface area contributed by atoms with Gasteiger partial charge in [0.25, 0.3) is 0 Å². The number of carbonyl (C=O) groups excluding carboxylic acids is 2. The van der Waals surface area contributed by atoms with Crippen LogP contribution in [-0.4, -0.2) is 29.3 Å². The first kappa shape index (κ1) is 14.6. The number of hydrogen-bond donors (Lipinski definition) is 1. The quantitative estimate of drug-likeness (QED) is 0.914. The van der Waals surface area contributed by atoms with Gasteiger partial charge in [0.05, 0.1) is 0 Å². The Hall–Kier alpha value is -1.84. The Kier molecular flexibility index (Phi) is 5.16. The van der Waals surface area contributed by atoms with Crippen molar-refractivity contribution in [3.8, 4) is 0 Å². The van der Waals surface area contributed by atoms with Crippen molar-refractivity contribution in [2.75, 3.05) is 6.54 Å². The molecule has 0 spiro atoms. The van der Waals surface area contributed by atoms with E-state index in [1.807, 2.05) is 37.3 Å². The van der Waals surface area contributed by atoms with E-state index >= 15 is 0 Å². The average molecular weight is 274 g/mol. The van der Waals surface area contributed by atoms with Gasteiger partial charge in [-0.25, -0.2) is 0 Å². The van der Waals surface area contributed by atoms with Gasteiger partial charge in [-0.15, -0.1) is 0 Å². The summed E-state index contributed by atoms with van der Waals surface area (Å²) in [5.74, 6) is 0.0222. The molecule has 1 fully saturated rings. The Morgan fingerprint density at radius 1 is 1.25 bits per heavy atom. The molecule has 1 aromatic rings. The SMILES string of the molecule is C[C@H](C(=O)NCc1ccccc1)N1CCCCCC1=O. The number of rotatable bonds is 4. The van der Waals surface area contributed by atoms with E-state index in [0.29, 0.717) is 19.5 Å². The van der Waals surface area contributed by atoms with Crippen LogP contribution in [0.5, 0.6) is 0 Å². The minimum Gasteiger partial charge on any atom is -0.350 e. The summed E-state index contributed by atoms with van der Waals surface area (Å²) in [6.07, 6.45) is 3.56. The molecule has 1 saturated heterocycles. The van der Waals surface area contributed by atoms with Gasteiger partial charge in [0, 0.05) is 19.5 Å². The Morgan fingerprint density at radius 2 is 2.00 bits per heavy atom. The third-order valence-corrected chi connectivity index (χ3v) is 3.77. The predicted molar refractivity (Wildman–Crippen MR) is 77.9 cm³/mol. The van der Waals surface area contributed by atoms with E-state index in [1.54, 1.807) is 4.90 Å². The molecule has 4 nitrogen and oxygen atoms in total. The predicted octanol–water partition coefficient (Wildman–Crippen LogP) is 2.09. The van der Waals surface area contributed by atoms with E-state index in [2.05, 4.69) is 5.32 Å². The lowest BCUT2D eigenvalue weighted by molar-refractivity contribution is -0.139. The summed E-state index contributed by atoms with van der Waals surface area (Å²) in [7, 11) is 0. The molecule has 1 atom stereocenters. The molecular weight excluding hydrogens is 252 g/mol. The van der Waals surface area contributed by atoms with Crippen molar-refractivity contribution >= 4 is 11.8 Å². The summed E-state index contributed by atoms with van der Waals surface area (Å²) in [5, 5.41) is 2.90. The van der Waals surface area contributed by atoms with Crippen LogP contribution in [0.25, 0.3) is 0 Å². The number of hydrogen-bond acceptors (Lipinski definition) is 2. The van der Waals surface area contributed by atoms with Gasteiger partial charge in [-0.05, 0) is 25.3 Å². The van der Waals surface area contributed by atoms with Gasteiger partial charge in [0.1, 0.15) is 6.04 Å². The van der Waals surface area contributed by atoms with Crippen LogP contribution in [0.15, 0.2) is 30.3 Å². The van der Waals surface area contributed by atoms with Crippen molar-refractivity contribution in [1.82, 2.24) is 10.2 Å². The molecule has 1 aliphatic heterocycles. The summed E-state index contributed by atoms with van der Waals surface area (Å²) in [4.78, 5) is 25.9. The van der Waals surface area contributed by atoms with E-state index in [0.717, 1.165) is 24.8 Å². The molecule has 0 unspecified atom stereocenters. The van der Waals surface area contributed by atoms with Crippen LogP contribution in [-0.2, 0) is 16.1 Å². The van der Waals surface area contributed by atoms with Gasteiger partial charge in [0.15, 0.2) is 0 Å². The standard InChI is InChI=1S/C16H22N2O2/c1-13(18-11-7-3-6-10-15(18)19)16(20)17-12-14-8-4-2-5-9-14/h2,4-5,8-9,13H,3,6-7,10-12H2,1H3,(H,17,20)/t13-/m1/s1. The number of likely N-dealkylation sites (tertiary alicyclic amines) is 1. The fourth-order valence-electron chi connectivity index (χ4n) is 2.49. The third-order valence-electron chi connectivity index (χ3n) is 3.77. The molecule has 1 heterocycles. The third kappa shape index (κ3) is 3.83. The molecule has 1 aromatic carbocycles. The minimum atomic E-state index is -0.385. The van der Waals surface area contributed by atoms with Gasteiger partial charge in [-0.2, -0.15) is 0 Å². The molecular formula is C16H22N2O2. The molecule has 108 valence electrons. The molecule has 0 aromatic heterocycles. The lowest BCUT2D eigenvalue weighted by Gasteiger charge is -2.27. The van der Waals surface area contributed by atoms with Gasteiger partial charge < -0.3 is 10.2 Å². The highest BCUT2D eigenvalue weighted by Crippen LogP contribution is 2.14. The number of nitrogens with one attached hydrogen (secondary N) is 1. The van der Waals surface area contributed by atoms with Crippen LogP contribution < -0.4 is 5.32 Å². The molecule has 20 heavy (non-hydrogen) atoms. The van der Waals surface area contributed by atoms with Crippen molar-refractivity contribution in [1.29, 1.82) is 0 Å². The Balaban J connectivity index is 1.89. The molecule has 2 rings (SSSR count). The maximum atomic E-state index is 12.2. The second kappa shape index (κ2) is 7.08. The summed E-state index contributed by atoms with van der Waals surface area (Å²) in [6, 6.07) is 9.41. The zero-order valence-electron chi connectivity index (χ0n) is 12.0. The lowest BCUT2D eigenvalue weighted by Crippen LogP contribution is -2.47. The maximum absolute atomic E-state index is 12.2. The number of benzene rings is 1. The van der Waals surface area contributed by atoms with E-state index in [9.17, 15) is 9.59 Å². The zero-order valence-corrected chi connectivity index (χ0v) is 12.0. The fraction of sp³-hybridized carbons (Fsp3) is 0.500. The second-order valence-corrected chi connectivity index (χ2v) is 5.28. The molecule has 0 aliphatic carbocycles. The molecule has 0 saturated carbocycles. The van der Waals surface area contributed by atoms with Crippen LogP contribution >= 0.6 is 0 Å². The highest BCUT2D eigenvalue weighted by atomic mass is 16.2. The Morgan fingerprint density at radius 3 is 2.75 bits per heavy atom. The van der Waals surface area contributed by atoms with Crippen LogP contribution in [0.4, 0.5) is 0 Å². The normalized spacial score (nSPS) is 17.4. The lowest BCUT2D eigenvalue weighted by atomic mass is 10.2. The monoisotopic (exact) mass is 274 g/mol. The first-order valence-electron chi connectivity index (χ1n) is 7.29. The molecule has 2 amide bonds. The van der Waals surface area contributed by atoms with E-state index < -0.39 is 0 Å². The van der Waals surface area contributed by atoms with Gasteiger partial charge >= 0.3 is 0 Å². The van der Waals surface area contributed by atoms with Gasteiger partial charge in [-0.1, -0.05) is 36.8 Å². The first-order valence-corrected chi connectivity index (χ1v) is 7.29. The van der Waals surface area contributed by atoms with Crippen molar-refractivity contribution in [3.05, 3.63) is 35.9 Å². The van der Waals surface area contributed by atoms with Crippen molar-refractivity contribution in [2.45, 2.75) is 45.2 Å². The second-order valence-electron chi connectivity index (χ2n) is 5.28. The number of nitrogens with zero attached hydrogens (tertiary/aromatic N) is 1. The highest BCUT2D eigenvalue weighted by molar-refractivity contribution is 5.87. The molecule has 0 radical (unpaired) electrons. The minimum absolute atomic E-state index is 0.0795. The Bertz CT molecular complexity index is 459. The fourth-order valence-corrected chi connectivity index (χ4v) is 2.49. The topological polar surface area (TPSA) is 49.4 Å². The summed E-state index contributed by atoms with van der Waals surface area (Å²) in [6.45, 7) is 3.01. The molecule has 1 aliphatic rings. The maximum Gasteiger partial charge on any atom is 0.242 e. The molecule has 4 heteroatoms. The van der Waals surface area contributed by atoms with E-state index in [1.165, 1.54) is 0 Å². The summed E-state index contributed by atoms with van der Waals surface area (Å²) in [5.41, 5.74) is 1.07. The van der Waals surface area contributed by atoms with Crippen LogP contribution in [0, 0.1) is 0 Å². The smallest absolute Gasteiger partial charge is 0.242 e. The molecule has 0 bridgehead atoms. The average Bonchev–Trinajstić information content (AvgIpc) is 2.69. The van der Waals surface area contributed by atoms with Crippen molar-refractivity contribution in [3.63, 3.8) is 0 Å². The highest BCUT2D eigenvalue weighted by Gasteiger charge is 2.26. The number of amides is 2. The van der Waals surface area contributed by atoms with Crippen LogP contribution in [0.1, 0.15) is 38.2 Å². The zero-order chi connectivity index (χ0) is 14.4. The van der Waals surface area contributed by atoms with Crippen molar-refractivity contribution < 1.29 is 9.59 Å². The van der Waals surface area contributed by atoms with Gasteiger partial charge in [0.2, 0.25) is 11.8 Å². The summed E-state index contributed by atoms with van der Waals surface area (Å²) >= 11 is 0. The van der Waals surface area contributed by atoms with E-state index in [-0.39, 0.29) is 17.9 Å². The van der Waals surface area contributed by atoms with E-state index in [4.69, 9.17) is 0 Å². The summed E-state index contributed by atoms with van der Waals surface area (Å²) < 4.78 is 0. The largest absolute Gasteiger partial charge is 0.350 e. The van der Waals surface area contributed by atoms with Gasteiger partial charge in [-0.3, -0.25) is 9.59 Å². The first-order chi connectivity index (χ1) is 9.68. The molecule has 1 N–H and O–H groups in total. The van der Waals surface area contributed by atoms with Crippen LogP contribution in [0.3, 0.4) is 0 Å². The van der Waals surface area contributed by atoms with Crippen molar-refractivity contribution in [2.24, 2.45) is 0 Å².